The van der Waals surface area contributed by atoms with Crippen molar-refractivity contribution in [1.29, 1.82) is 0 Å². The Hall–Kier alpha value is -1.13. The predicted molar refractivity (Wildman–Crippen MR) is 51.8 cm³/mol. The van der Waals surface area contributed by atoms with Crippen LogP contribution in [0, 0.1) is 0 Å². The molecule has 6 heteroatoms. The molecule has 0 aliphatic carbocycles. The van der Waals surface area contributed by atoms with Gasteiger partial charge in [0.05, 0.1) is 5.02 Å². The number of nitrogens with zero attached hydrogens (tertiary/aromatic N) is 1. The molecule has 0 atom stereocenters. The largest absolute Gasteiger partial charge is 0.454 e. The van der Waals surface area contributed by atoms with E-state index in [0.29, 0.717) is 22.1 Å². The minimum atomic E-state index is -0.0507. The quantitative estimate of drug-likeness (QED) is 0.461. The SMILES string of the molecule is O/N=C(/Cl)c1cc(Cl)c2c(c1)OCO2. The van der Waals surface area contributed by atoms with Gasteiger partial charge in [0.25, 0.3) is 0 Å². The zero-order valence-electron chi connectivity index (χ0n) is 6.83. The number of oxime groups is 1. The smallest absolute Gasteiger partial charge is 0.231 e. The van der Waals surface area contributed by atoms with Crippen LogP contribution in [0.1, 0.15) is 5.56 Å². The molecule has 0 radical (unpaired) electrons. The molecule has 1 aromatic rings. The Balaban J connectivity index is 2.52. The molecule has 1 heterocycles. The predicted octanol–water partition coefficient (Wildman–Crippen LogP) is 2.44. The normalized spacial score (nSPS) is 14.6. The van der Waals surface area contributed by atoms with E-state index in [9.17, 15) is 0 Å². The summed E-state index contributed by atoms with van der Waals surface area (Å²) in [6, 6.07) is 3.13. The van der Waals surface area contributed by atoms with Crippen LogP contribution in [-0.4, -0.2) is 17.2 Å². The van der Waals surface area contributed by atoms with Gasteiger partial charge in [-0.25, -0.2) is 0 Å². The standard InChI is InChI=1S/C8H5Cl2NO3/c9-5-1-4(8(10)11-12)2-6-7(5)14-3-13-6/h1-2,12H,3H2/b11-8+. The van der Waals surface area contributed by atoms with E-state index in [-0.39, 0.29) is 12.0 Å². The van der Waals surface area contributed by atoms with Crippen LogP contribution >= 0.6 is 23.2 Å². The van der Waals surface area contributed by atoms with Crippen molar-refractivity contribution in [2.45, 2.75) is 0 Å². The van der Waals surface area contributed by atoms with Gasteiger partial charge in [-0.05, 0) is 12.1 Å². The van der Waals surface area contributed by atoms with Gasteiger partial charge in [0.2, 0.25) is 6.79 Å². The molecular formula is C8H5Cl2NO3. The second kappa shape index (κ2) is 3.55. The fourth-order valence-electron chi connectivity index (χ4n) is 1.14. The van der Waals surface area contributed by atoms with Crippen LogP contribution in [-0.2, 0) is 0 Å². The van der Waals surface area contributed by atoms with Gasteiger partial charge in [-0.15, -0.1) is 0 Å². The Morgan fingerprint density at radius 1 is 1.43 bits per heavy atom. The number of ether oxygens (including phenoxy) is 2. The summed E-state index contributed by atoms with van der Waals surface area (Å²) in [6.07, 6.45) is 0. The molecule has 0 unspecified atom stereocenters. The first-order valence-corrected chi connectivity index (χ1v) is 4.45. The summed E-state index contributed by atoms with van der Waals surface area (Å²) in [5.41, 5.74) is 0.475. The Labute approximate surface area is 89.6 Å². The van der Waals surface area contributed by atoms with Crippen LogP contribution in [0.4, 0.5) is 0 Å². The van der Waals surface area contributed by atoms with E-state index in [4.69, 9.17) is 37.9 Å². The first kappa shape index (κ1) is 9.43. The van der Waals surface area contributed by atoms with Crippen LogP contribution in [0.25, 0.3) is 0 Å². The molecule has 1 N–H and O–H groups in total. The fraction of sp³-hybridized carbons (Fsp3) is 0.125. The number of hydrogen-bond acceptors (Lipinski definition) is 4. The maximum atomic E-state index is 8.47. The fourth-order valence-corrected chi connectivity index (χ4v) is 1.52. The highest BCUT2D eigenvalue weighted by Gasteiger charge is 2.19. The lowest BCUT2D eigenvalue weighted by Gasteiger charge is -2.01. The first-order valence-electron chi connectivity index (χ1n) is 3.69. The maximum Gasteiger partial charge on any atom is 0.231 e. The zero-order valence-corrected chi connectivity index (χ0v) is 8.34. The molecule has 14 heavy (non-hydrogen) atoms. The maximum absolute atomic E-state index is 8.47. The topological polar surface area (TPSA) is 51.1 Å². The van der Waals surface area contributed by atoms with Crippen molar-refractivity contribution in [2.75, 3.05) is 6.79 Å². The van der Waals surface area contributed by atoms with E-state index < -0.39 is 0 Å². The highest BCUT2D eigenvalue weighted by Crippen LogP contribution is 2.40. The van der Waals surface area contributed by atoms with Gasteiger partial charge in [-0.1, -0.05) is 28.4 Å². The van der Waals surface area contributed by atoms with Gasteiger partial charge in [-0.2, -0.15) is 0 Å². The van der Waals surface area contributed by atoms with E-state index in [1.807, 2.05) is 0 Å². The van der Waals surface area contributed by atoms with Gasteiger partial charge in [-0.3, -0.25) is 0 Å². The monoisotopic (exact) mass is 233 g/mol. The molecule has 0 saturated heterocycles. The molecule has 74 valence electrons. The average molecular weight is 234 g/mol. The summed E-state index contributed by atoms with van der Waals surface area (Å²) in [4.78, 5) is 0. The van der Waals surface area contributed by atoms with Crippen LogP contribution in [0.3, 0.4) is 0 Å². The summed E-state index contributed by atoms with van der Waals surface area (Å²) in [6.45, 7) is 0.131. The van der Waals surface area contributed by atoms with Gasteiger partial charge >= 0.3 is 0 Å². The summed E-state index contributed by atoms with van der Waals surface area (Å²) >= 11 is 11.5. The summed E-state index contributed by atoms with van der Waals surface area (Å²) < 4.78 is 10.2. The Kier molecular flexibility index (Phi) is 2.39. The molecule has 0 saturated carbocycles. The van der Waals surface area contributed by atoms with Crippen LogP contribution in [0.15, 0.2) is 17.3 Å². The lowest BCUT2D eigenvalue weighted by molar-refractivity contribution is 0.174. The lowest BCUT2D eigenvalue weighted by atomic mass is 10.2. The molecule has 0 fully saturated rings. The molecule has 2 rings (SSSR count). The van der Waals surface area contributed by atoms with Crippen molar-refractivity contribution in [2.24, 2.45) is 5.16 Å². The van der Waals surface area contributed by atoms with Gasteiger partial charge in [0.1, 0.15) is 0 Å². The lowest BCUT2D eigenvalue weighted by Crippen LogP contribution is -1.93. The highest BCUT2D eigenvalue weighted by molar-refractivity contribution is 6.69. The summed E-state index contributed by atoms with van der Waals surface area (Å²) in [7, 11) is 0. The van der Waals surface area contributed by atoms with Crippen molar-refractivity contribution < 1.29 is 14.7 Å². The van der Waals surface area contributed by atoms with E-state index in [2.05, 4.69) is 5.16 Å². The van der Waals surface area contributed by atoms with Crippen molar-refractivity contribution in [1.82, 2.24) is 0 Å². The molecule has 0 aromatic heterocycles. The number of halogens is 2. The van der Waals surface area contributed by atoms with Crippen molar-refractivity contribution >= 4 is 28.4 Å². The van der Waals surface area contributed by atoms with E-state index in [1.165, 1.54) is 6.07 Å². The Bertz CT molecular complexity index is 406. The second-order valence-corrected chi connectivity index (χ2v) is 3.35. The van der Waals surface area contributed by atoms with E-state index in [0.717, 1.165) is 0 Å². The first-order chi connectivity index (χ1) is 6.72. The Morgan fingerprint density at radius 2 is 2.21 bits per heavy atom. The van der Waals surface area contributed by atoms with Crippen molar-refractivity contribution in [3.05, 3.63) is 22.7 Å². The molecule has 0 bridgehead atoms. The highest BCUT2D eigenvalue weighted by atomic mass is 35.5. The summed E-state index contributed by atoms with van der Waals surface area (Å²) in [5, 5.41) is 11.6. The third-order valence-electron chi connectivity index (χ3n) is 1.75. The van der Waals surface area contributed by atoms with E-state index in [1.54, 1.807) is 6.07 Å². The van der Waals surface area contributed by atoms with E-state index >= 15 is 0 Å². The molecule has 0 amide bonds. The minimum absolute atomic E-state index is 0.0507. The number of benzene rings is 1. The zero-order chi connectivity index (χ0) is 10.1. The molecular weight excluding hydrogens is 229 g/mol. The third kappa shape index (κ3) is 1.47. The second-order valence-electron chi connectivity index (χ2n) is 2.58. The molecule has 1 aliphatic heterocycles. The minimum Gasteiger partial charge on any atom is -0.454 e. The summed E-state index contributed by atoms with van der Waals surface area (Å²) in [5.74, 6) is 0.979. The van der Waals surface area contributed by atoms with Crippen LogP contribution in [0.5, 0.6) is 11.5 Å². The van der Waals surface area contributed by atoms with Gasteiger partial charge in [0.15, 0.2) is 16.7 Å². The van der Waals surface area contributed by atoms with Gasteiger partial charge in [0, 0.05) is 5.56 Å². The number of rotatable bonds is 1. The van der Waals surface area contributed by atoms with Crippen LogP contribution < -0.4 is 9.47 Å². The third-order valence-corrected chi connectivity index (χ3v) is 2.33. The van der Waals surface area contributed by atoms with Crippen LogP contribution in [0.2, 0.25) is 5.02 Å². The van der Waals surface area contributed by atoms with Gasteiger partial charge < -0.3 is 14.7 Å². The van der Waals surface area contributed by atoms with Crippen molar-refractivity contribution in [3.63, 3.8) is 0 Å². The molecule has 4 nitrogen and oxygen atoms in total. The molecule has 0 spiro atoms. The Morgan fingerprint density at radius 3 is 2.93 bits per heavy atom. The number of hydrogen-bond donors (Lipinski definition) is 1. The number of fused-ring (bicyclic) bond motifs is 1. The molecule has 1 aromatic carbocycles. The average Bonchev–Trinajstić information content (AvgIpc) is 2.64. The molecule has 1 aliphatic rings. The van der Waals surface area contributed by atoms with Crippen molar-refractivity contribution in [3.8, 4) is 11.5 Å².